The molecule has 1 rings (SSSR count). The van der Waals surface area contributed by atoms with Crippen molar-refractivity contribution in [2.45, 2.75) is 12.2 Å². The van der Waals surface area contributed by atoms with Gasteiger partial charge in [-0.05, 0) is 12.1 Å². The quantitative estimate of drug-likeness (QED) is 0.605. The molecule has 0 amide bonds. The van der Waals surface area contributed by atoms with E-state index in [0.717, 1.165) is 23.5 Å². The summed E-state index contributed by atoms with van der Waals surface area (Å²) < 4.78 is 72.7. The van der Waals surface area contributed by atoms with Crippen LogP contribution in [0, 0.1) is 5.82 Å². The van der Waals surface area contributed by atoms with Crippen LogP contribution in [-0.2, 0) is 0 Å². The van der Waals surface area contributed by atoms with Crippen LogP contribution >= 0.6 is 0 Å². The van der Waals surface area contributed by atoms with Crippen LogP contribution in [0.1, 0.15) is 0 Å². The molecule has 0 aliphatic heterocycles. The molecular weight excluding hydrogens is 224 g/mol. The van der Waals surface area contributed by atoms with Crippen molar-refractivity contribution < 1.29 is 26.3 Å². The van der Waals surface area contributed by atoms with Crippen molar-refractivity contribution in [2.24, 2.45) is 0 Å². The Hall–Kier alpha value is -1.40. The number of rotatable bonds is 2. The molecule has 0 bridgehead atoms. The van der Waals surface area contributed by atoms with Gasteiger partial charge in [-0.15, -0.1) is 0 Å². The van der Waals surface area contributed by atoms with Crippen LogP contribution in [0.25, 0.3) is 0 Å². The highest BCUT2D eigenvalue weighted by molar-refractivity contribution is 5.45. The minimum Gasteiger partial charge on any atom is -0.317 e. The Morgan fingerprint density at radius 3 is 1.93 bits per heavy atom. The Morgan fingerprint density at radius 1 is 0.933 bits per heavy atom. The molecule has 7 heteroatoms. The van der Waals surface area contributed by atoms with Gasteiger partial charge in [-0.1, -0.05) is 12.1 Å². The molecule has 84 valence electrons. The fourth-order valence-electron chi connectivity index (χ4n) is 0.803. The monoisotopic (exact) mass is 229 g/mol. The Labute approximate surface area is 80.7 Å². The van der Waals surface area contributed by atoms with E-state index in [1.54, 1.807) is 0 Å². The highest BCUT2D eigenvalue weighted by atomic mass is 19.4. The van der Waals surface area contributed by atoms with Gasteiger partial charge in [-0.25, -0.2) is 4.39 Å². The highest BCUT2D eigenvalue weighted by Crippen LogP contribution is 2.36. The van der Waals surface area contributed by atoms with Crippen molar-refractivity contribution in [3.05, 3.63) is 30.1 Å². The van der Waals surface area contributed by atoms with Crippen LogP contribution in [0.15, 0.2) is 24.3 Å². The zero-order valence-electron chi connectivity index (χ0n) is 7.08. The van der Waals surface area contributed by atoms with Gasteiger partial charge in [0.2, 0.25) is 0 Å². The third-order valence-electron chi connectivity index (χ3n) is 1.52. The molecule has 0 aromatic heterocycles. The molecule has 0 spiro atoms. The zero-order valence-corrected chi connectivity index (χ0v) is 7.08. The van der Waals surface area contributed by atoms with Crippen molar-refractivity contribution in [2.75, 3.05) is 5.32 Å². The van der Waals surface area contributed by atoms with E-state index in [9.17, 15) is 26.3 Å². The largest absolute Gasteiger partial charge is 0.475 e. The lowest BCUT2D eigenvalue weighted by Gasteiger charge is -2.21. The molecule has 15 heavy (non-hydrogen) atoms. The van der Waals surface area contributed by atoms with Gasteiger partial charge in [-0.3, -0.25) is 0 Å². The summed E-state index contributed by atoms with van der Waals surface area (Å²) in [5.74, 6) is -1.18. The molecule has 1 N–H and O–H groups in total. The molecule has 0 aliphatic carbocycles. The predicted octanol–water partition coefficient (Wildman–Crippen LogP) is 3.39. The van der Waals surface area contributed by atoms with Gasteiger partial charge < -0.3 is 5.32 Å². The number of benzene rings is 1. The Bertz CT molecular complexity index is 345. The summed E-state index contributed by atoms with van der Waals surface area (Å²) in [4.78, 5) is 0. The van der Waals surface area contributed by atoms with Crippen LogP contribution in [0.2, 0.25) is 0 Å². The second-order valence-electron chi connectivity index (χ2n) is 2.68. The maximum atomic E-state index is 12.7. The van der Waals surface area contributed by atoms with Crippen molar-refractivity contribution in [3.63, 3.8) is 0 Å². The molecule has 0 saturated carbocycles. The summed E-state index contributed by atoms with van der Waals surface area (Å²) >= 11 is 0. The minimum atomic E-state index is -5.77. The third kappa shape index (κ3) is 2.54. The van der Waals surface area contributed by atoms with Gasteiger partial charge in [0.05, 0.1) is 5.69 Å². The predicted molar refractivity (Wildman–Crippen MR) is 41.0 cm³/mol. The SMILES string of the molecule is Fc1ccccc1NC(F)(F)C(F)(F)F. The van der Waals surface area contributed by atoms with Crippen molar-refractivity contribution in [3.8, 4) is 0 Å². The number of alkyl halides is 5. The lowest BCUT2D eigenvalue weighted by molar-refractivity contribution is -0.268. The van der Waals surface area contributed by atoms with E-state index in [0.29, 0.717) is 0 Å². The first kappa shape index (κ1) is 11.7. The molecule has 0 saturated heterocycles. The summed E-state index contributed by atoms with van der Waals surface area (Å²) in [5, 5.41) is 0.793. The Kier molecular flexibility index (Phi) is 2.83. The van der Waals surface area contributed by atoms with E-state index in [1.165, 1.54) is 6.07 Å². The first-order chi connectivity index (χ1) is 6.74. The smallest absolute Gasteiger partial charge is 0.317 e. The van der Waals surface area contributed by atoms with E-state index in [4.69, 9.17) is 0 Å². The van der Waals surface area contributed by atoms with Crippen LogP contribution in [-0.4, -0.2) is 12.2 Å². The summed E-state index contributed by atoms with van der Waals surface area (Å²) in [6.07, 6.45) is -5.77. The Morgan fingerprint density at radius 2 is 1.47 bits per heavy atom. The molecule has 1 nitrogen and oxygen atoms in total. The van der Waals surface area contributed by atoms with Gasteiger partial charge in [0, 0.05) is 0 Å². The molecule has 0 atom stereocenters. The first-order valence-electron chi connectivity index (χ1n) is 3.71. The van der Waals surface area contributed by atoms with Gasteiger partial charge in [-0.2, -0.15) is 22.0 Å². The normalized spacial score (nSPS) is 12.7. The number of nitrogens with one attached hydrogen (secondary N) is 1. The molecule has 0 fully saturated rings. The van der Waals surface area contributed by atoms with Crippen molar-refractivity contribution in [1.29, 1.82) is 0 Å². The minimum absolute atomic E-state index is 0.773. The molecule has 0 radical (unpaired) electrons. The van der Waals surface area contributed by atoms with Gasteiger partial charge in [0.15, 0.2) is 0 Å². The van der Waals surface area contributed by atoms with Gasteiger partial charge in [0.25, 0.3) is 0 Å². The summed E-state index contributed by atoms with van der Waals surface area (Å²) in [5.41, 5.74) is -0.903. The Balaban J connectivity index is 2.92. The average Bonchev–Trinajstić information content (AvgIpc) is 2.06. The summed E-state index contributed by atoms with van der Waals surface area (Å²) in [7, 11) is 0. The molecule has 1 aromatic rings. The third-order valence-corrected chi connectivity index (χ3v) is 1.52. The maximum absolute atomic E-state index is 12.7. The topological polar surface area (TPSA) is 12.0 Å². The van der Waals surface area contributed by atoms with Crippen molar-refractivity contribution in [1.82, 2.24) is 0 Å². The molecule has 1 aromatic carbocycles. The first-order valence-corrected chi connectivity index (χ1v) is 3.71. The fourth-order valence-corrected chi connectivity index (χ4v) is 0.803. The fraction of sp³-hybridized carbons (Fsp3) is 0.250. The molecule has 0 heterocycles. The lowest BCUT2D eigenvalue weighted by atomic mass is 10.3. The number of hydrogen-bond acceptors (Lipinski definition) is 1. The number of para-hydroxylation sites is 1. The van der Waals surface area contributed by atoms with Crippen LogP contribution in [0.5, 0.6) is 0 Å². The molecular formula is C8H5F6N. The van der Waals surface area contributed by atoms with Gasteiger partial charge >= 0.3 is 12.2 Å². The summed E-state index contributed by atoms with van der Waals surface area (Å²) in [6.45, 7) is 0. The number of hydrogen-bond donors (Lipinski definition) is 1. The summed E-state index contributed by atoms with van der Waals surface area (Å²) in [6, 6.07) is -1.29. The maximum Gasteiger partial charge on any atom is 0.475 e. The second kappa shape index (κ2) is 3.63. The zero-order chi connectivity index (χ0) is 11.7. The van der Waals surface area contributed by atoms with Crippen LogP contribution < -0.4 is 5.32 Å². The van der Waals surface area contributed by atoms with Gasteiger partial charge in [0.1, 0.15) is 5.82 Å². The highest BCUT2D eigenvalue weighted by Gasteiger charge is 2.58. The van der Waals surface area contributed by atoms with E-state index < -0.39 is 23.7 Å². The van der Waals surface area contributed by atoms with E-state index in [1.807, 2.05) is 0 Å². The van der Waals surface area contributed by atoms with E-state index >= 15 is 0 Å². The van der Waals surface area contributed by atoms with Crippen LogP contribution in [0.3, 0.4) is 0 Å². The van der Waals surface area contributed by atoms with E-state index in [2.05, 4.69) is 0 Å². The average molecular weight is 229 g/mol. The molecule has 0 aliphatic rings. The lowest BCUT2D eigenvalue weighted by Crippen LogP contribution is -2.43. The van der Waals surface area contributed by atoms with Crippen LogP contribution in [0.4, 0.5) is 32.0 Å². The number of anilines is 1. The standard InChI is InChI=1S/C8H5F6N/c9-5-3-1-2-4-6(5)15-8(13,14)7(10,11)12/h1-4,15H. The second-order valence-corrected chi connectivity index (χ2v) is 2.68. The molecule has 0 unspecified atom stereocenters. The van der Waals surface area contributed by atoms with E-state index in [-0.39, 0.29) is 0 Å². The number of halogens is 6. The van der Waals surface area contributed by atoms with Crippen molar-refractivity contribution >= 4 is 5.69 Å².